The van der Waals surface area contributed by atoms with Crippen molar-refractivity contribution in [1.29, 1.82) is 0 Å². The third kappa shape index (κ3) is 3.99. The number of methoxy groups -OCH3 is 1. The largest absolute Gasteiger partial charge is 0.497 e. The molecule has 2 amide bonds. The highest BCUT2D eigenvalue weighted by molar-refractivity contribution is 6.09. The average molecular weight is 338 g/mol. The van der Waals surface area contributed by atoms with E-state index in [4.69, 9.17) is 4.74 Å². The minimum absolute atomic E-state index is 0.148. The Balaban J connectivity index is 1.56. The second-order valence-corrected chi connectivity index (χ2v) is 6.06. The Morgan fingerprint density at radius 3 is 2.76 bits per heavy atom. The van der Waals surface area contributed by atoms with Gasteiger partial charge < -0.3 is 15.0 Å². The summed E-state index contributed by atoms with van der Waals surface area (Å²) in [6, 6.07) is 17.3. The van der Waals surface area contributed by atoms with Crippen molar-refractivity contribution < 1.29 is 14.3 Å². The Morgan fingerprint density at radius 1 is 1.20 bits per heavy atom. The molecule has 0 aliphatic carbocycles. The molecule has 1 heterocycles. The Bertz CT molecular complexity index is 746. The summed E-state index contributed by atoms with van der Waals surface area (Å²) in [6.07, 6.45) is 1.29. The van der Waals surface area contributed by atoms with Crippen molar-refractivity contribution in [2.24, 2.45) is 5.92 Å². The van der Waals surface area contributed by atoms with E-state index in [2.05, 4.69) is 5.32 Å². The van der Waals surface area contributed by atoms with Crippen LogP contribution in [0, 0.1) is 5.92 Å². The molecular formula is C20H22N2O3. The van der Waals surface area contributed by atoms with Crippen LogP contribution in [0.4, 0.5) is 5.69 Å². The molecule has 0 spiro atoms. The Labute approximate surface area is 147 Å². The summed E-state index contributed by atoms with van der Waals surface area (Å²) >= 11 is 0. The number of carbonyl (C=O) groups is 2. The maximum Gasteiger partial charge on any atom is 0.239 e. The number of hydrogen-bond donors (Lipinski definition) is 1. The Hall–Kier alpha value is -2.82. The molecule has 2 aromatic rings. The molecule has 1 saturated heterocycles. The molecule has 130 valence electrons. The molecule has 1 aliphatic heterocycles. The number of hydrogen-bond acceptors (Lipinski definition) is 3. The van der Waals surface area contributed by atoms with E-state index < -0.39 is 5.92 Å². The first-order valence-corrected chi connectivity index (χ1v) is 8.46. The van der Waals surface area contributed by atoms with E-state index >= 15 is 0 Å². The van der Waals surface area contributed by atoms with Gasteiger partial charge in [-0.25, -0.2) is 0 Å². The zero-order valence-corrected chi connectivity index (χ0v) is 14.3. The molecule has 1 fully saturated rings. The second-order valence-electron chi connectivity index (χ2n) is 6.06. The minimum Gasteiger partial charge on any atom is -0.497 e. The van der Waals surface area contributed by atoms with E-state index in [0.717, 1.165) is 12.1 Å². The molecule has 1 aliphatic rings. The molecule has 0 saturated carbocycles. The fraction of sp³-hybridized carbons (Fsp3) is 0.300. The van der Waals surface area contributed by atoms with Gasteiger partial charge in [0, 0.05) is 24.8 Å². The van der Waals surface area contributed by atoms with Gasteiger partial charge in [0.05, 0.1) is 7.11 Å². The Morgan fingerprint density at radius 2 is 2.00 bits per heavy atom. The molecule has 1 atom stereocenters. The number of carbonyl (C=O) groups excluding carboxylic acids is 2. The first kappa shape index (κ1) is 17.0. The SMILES string of the molecule is COc1cccc(N2CCC(C(=O)NCCc3ccccc3)C2=O)c1. The van der Waals surface area contributed by atoms with Crippen LogP contribution < -0.4 is 15.0 Å². The number of amides is 2. The molecule has 5 heteroatoms. The van der Waals surface area contributed by atoms with Gasteiger partial charge >= 0.3 is 0 Å². The lowest BCUT2D eigenvalue weighted by Gasteiger charge is -2.17. The molecule has 3 rings (SSSR count). The van der Waals surface area contributed by atoms with Crippen molar-refractivity contribution in [2.45, 2.75) is 12.8 Å². The van der Waals surface area contributed by atoms with E-state index in [0.29, 0.717) is 25.3 Å². The first-order valence-electron chi connectivity index (χ1n) is 8.46. The highest BCUT2D eigenvalue weighted by Gasteiger charge is 2.37. The van der Waals surface area contributed by atoms with Gasteiger partial charge in [-0.15, -0.1) is 0 Å². The van der Waals surface area contributed by atoms with Crippen LogP contribution in [0.15, 0.2) is 54.6 Å². The zero-order chi connectivity index (χ0) is 17.6. The van der Waals surface area contributed by atoms with Crippen molar-refractivity contribution in [3.8, 4) is 5.75 Å². The van der Waals surface area contributed by atoms with Gasteiger partial charge in [-0.2, -0.15) is 0 Å². The van der Waals surface area contributed by atoms with Gasteiger partial charge in [-0.1, -0.05) is 36.4 Å². The molecule has 5 nitrogen and oxygen atoms in total. The van der Waals surface area contributed by atoms with Crippen LogP contribution in [0.25, 0.3) is 0 Å². The van der Waals surface area contributed by atoms with E-state index in [1.165, 1.54) is 5.56 Å². The summed E-state index contributed by atoms with van der Waals surface area (Å²) in [5.41, 5.74) is 1.93. The summed E-state index contributed by atoms with van der Waals surface area (Å²) in [7, 11) is 1.59. The van der Waals surface area contributed by atoms with Crippen LogP contribution in [0.3, 0.4) is 0 Å². The van der Waals surface area contributed by atoms with Crippen molar-refractivity contribution in [1.82, 2.24) is 5.32 Å². The summed E-state index contributed by atoms with van der Waals surface area (Å²) in [6.45, 7) is 1.08. The quantitative estimate of drug-likeness (QED) is 0.823. The third-order valence-electron chi connectivity index (χ3n) is 4.44. The summed E-state index contributed by atoms with van der Waals surface area (Å²) < 4.78 is 5.20. The van der Waals surface area contributed by atoms with E-state index in [1.807, 2.05) is 54.6 Å². The van der Waals surface area contributed by atoms with Crippen molar-refractivity contribution >= 4 is 17.5 Å². The van der Waals surface area contributed by atoms with Crippen LogP contribution in [-0.4, -0.2) is 32.0 Å². The number of nitrogens with one attached hydrogen (secondary N) is 1. The van der Waals surface area contributed by atoms with Crippen LogP contribution >= 0.6 is 0 Å². The van der Waals surface area contributed by atoms with Crippen molar-refractivity contribution in [2.75, 3.05) is 25.1 Å². The van der Waals surface area contributed by atoms with Gasteiger partial charge in [0.25, 0.3) is 0 Å². The topological polar surface area (TPSA) is 58.6 Å². The lowest BCUT2D eigenvalue weighted by molar-refractivity contribution is -0.132. The normalized spacial score (nSPS) is 16.8. The average Bonchev–Trinajstić information content (AvgIpc) is 3.04. The molecule has 0 bridgehead atoms. The van der Waals surface area contributed by atoms with Gasteiger partial charge in [-0.3, -0.25) is 9.59 Å². The molecule has 0 radical (unpaired) electrons. The number of nitrogens with zero attached hydrogens (tertiary/aromatic N) is 1. The van der Waals surface area contributed by atoms with Crippen LogP contribution in [0.5, 0.6) is 5.75 Å². The minimum atomic E-state index is -0.609. The van der Waals surface area contributed by atoms with Crippen LogP contribution in [0.1, 0.15) is 12.0 Å². The van der Waals surface area contributed by atoms with Crippen molar-refractivity contribution in [3.63, 3.8) is 0 Å². The van der Waals surface area contributed by atoms with E-state index in [9.17, 15) is 9.59 Å². The molecule has 0 aromatic heterocycles. The second kappa shape index (κ2) is 7.83. The van der Waals surface area contributed by atoms with Gasteiger partial charge in [-0.05, 0) is 30.5 Å². The molecule has 1 unspecified atom stereocenters. The van der Waals surface area contributed by atoms with Gasteiger partial charge in [0.1, 0.15) is 11.7 Å². The van der Waals surface area contributed by atoms with E-state index in [1.54, 1.807) is 12.0 Å². The summed E-state index contributed by atoms with van der Waals surface area (Å²) in [4.78, 5) is 26.6. The monoisotopic (exact) mass is 338 g/mol. The molecule has 25 heavy (non-hydrogen) atoms. The summed E-state index contributed by atoms with van der Waals surface area (Å²) in [5, 5.41) is 2.89. The molecule has 2 aromatic carbocycles. The number of rotatable bonds is 6. The summed E-state index contributed by atoms with van der Waals surface area (Å²) in [5.74, 6) is -0.250. The van der Waals surface area contributed by atoms with E-state index in [-0.39, 0.29) is 11.8 Å². The predicted octanol–water partition coefficient (Wildman–Crippen LogP) is 2.41. The smallest absolute Gasteiger partial charge is 0.239 e. The van der Waals surface area contributed by atoms with Crippen molar-refractivity contribution in [3.05, 3.63) is 60.2 Å². The molecular weight excluding hydrogens is 316 g/mol. The number of ether oxygens (including phenoxy) is 1. The maximum atomic E-state index is 12.6. The number of benzene rings is 2. The fourth-order valence-corrected chi connectivity index (χ4v) is 3.06. The highest BCUT2D eigenvalue weighted by atomic mass is 16.5. The van der Waals surface area contributed by atoms with Gasteiger partial charge in [0.15, 0.2) is 0 Å². The maximum absolute atomic E-state index is 12.6. The highest BCUT2D eigenvalue weighted by Crippen LogP contribution is 2.28. The third-order valence-corrected chi connectivity index (χ3v) is 4.44. The number of anilines is 1. The standard InChI is InChI=1S/C20H22N2O3/c1-25-17-9-5-8-16(14-17)22-13-11-18(20(22)24)19(23)21-12-10-15-6-3-2-4-7-15/h2-9,14,18H,10-13H2,1H3,(H,21,23). The first-order chi connectivity index (χ1) is 12.2. The lowest BCUT2D eigenvalue weighted by atomic mass is 10.1. The Kier molecular flexibility index (Phi) is 5.33. The van der Waals surface area contributed by atoms with Crippen LogP contribution in [-0.2, 0) is 16.0 Å². The fourth-order valence-electron chi connectivity index (χ4n) is 3.06. The molecule has 1 N–H and O–H groups in total. The predicted molar refractivity (Wildman–Crippen MR) is 96.6 cm³/mol. The zero-order valence-electron chi connectivity index (χ0n) is 14.3. The van der Waals surface area contributed by atoms with Gasteiger partial charge in [0.2, 0.25) is 11.8 Å². The lowest BCUT2D eigenvalue weighted by Crippen LogP contribution is -2.37. The van der Waals surface area contributed by atoms with Crippen LogP contribution in [0.2, 0.25) is 0 Å².